The van der Waals surface area contributed by atoms with E-state index in [1.165, 1.54) is 0 Å². The largest absolute Gasteiger partial charge is 0.492 e. The molecule has 0 saturated heterocycles. The molecule has 100 valence electrons. The number of nitrogens with zero attached hydrogens (tertiary/aromatic N) is 1. The minimum Gasteiger partial charge on any atom is -0.492 e. The van der Waals surface area contributed by atoms with Crippen LogP contribution in [-0.4, -0.2) is 54.7 Å². The molecule has 0 fully saturated rings. The van der Waals surface area contributed by atoms with Gasteiger partial charge in [-0.15, -0.1) is 0 Å². The molecule has 0 radical (unpaired) electrons. The van der Waals surface area contributed by atoms with Crippen molar-refractivity contribution >= 4 is 17.7 Å². The van der Waals surface area contributed by atoms with Crippen molar-refractivity contribution in [3.63, 3.8) is 0 Å². The Kier molecular flexibility index (Phi) is 6.60. The fraction of sp³-hybridized carbons (Fsp3) is 0.462. The third-order valence-corrected chi connectivity index (χ3v) is 3.09. The maximum Gasteiger partial charge on any atom is 0.335 e. The molecule has 0 bridgehead atoms. The van der Waals surface area contributed by atoms with Crippen LogP contribution in [0.2, 0.25) is 0 Å². The van der Waals surface area contributed by atoms with E-state index in [0.717, 1.165) is 18.8 Å². The molecule has 0 saturated carbocycles. The second-order valence-corrected chi connectivity index (χ2v) is 4.96. The molecule has 1 N–H and O–H groups in total. The zero-order chi connectivity index (χ0) is 13.4. The van der Waals surface area contributed by atoms with Gasteiger partial charge in [0.1, 0.15) is 12.4 Å². The van der Waals surface area contributed by atoms with Crippen molar-refractivity contribution in [3.8, 4) is 5.75 Å². The molecule has 4 nitrogen and oxygen atoms in total. The van der Waals surface area contributed by atoms with E-state index >= 15 is 0 Å². The maximum atomic E-state index is 10.8. The topological polar surface area (TPSA) is 49.8 Å². The molecule has 0 atom stereocenters. The Hall–Kier alpha value is -1.20. The number of aromatic carboxylic acids is 1. The summed E-state index contributed by atoms with van der Waals surface area (Å²) in [6.07, 6.45) is 2.09. The molecule has 0 aliphatic carbocycles. The van der Waals surface area contributed by atoms with Crippen molar-refractivity contribution in [1.29, 1.82) is 0 Å². The van der Waals surface area contributed by atoms with Gasteiger partial charge in [0, 0.05) is 18.8 Å². The van der Waals surface area contributed by atoms with Crippen molar-refractivity contribution in [2.75, 3.05) is 38.8 Å². The van der Waals surface area contributed by atoms with E-state index in [1.54, 1.807) is 24.3 Å². The number of carboxylic acid groups (broad SMARTS) is 1. The van der Waals surface area contributed by atoms with Gasteiger partial charge in [0.15, 0.2) is 0 Å². The number of thioether (sulfide) groups is 1. The summed E-state index contributed by atoms with van der Waals surface area (Å²) in [6.45, 7) is 2.42. The van der Waals surface area contributed by atoms with Gasteiger partial charge in [0.2, 0.25) is 0 Å². The van der Waals surface area contributed by atoms with E-state index in [9.17, 15) is 4.79 Å². The van der Waals surface area contributed by atoms with Gasteiger partial charge in [-0.3, -0.25) is 0 Å². The standard InChI is InChI=1S/C13H19NO3S/c1-14(7-9-18-2)6-8-17-12-5-3-4-11(10-12)13(15)16/h3-5,10H,6-9H2,1-2H3,(H,15,16). The molecule has 0 aliphatic heterocycles. The lowest BCUT2D eigenvalue weighted by molar-refractivity contribution is 0.0696. The average Bonchev–Trinajstić information content (AvgIpc) is 2.36. The molecule has 1 aromatic carbocycles. The van der Waals surface area contributed by atoms with Gasteiger partial charge in [0.25, 0.3) is 0 Å². The summed E-state index contributed by atoms with van der Waals surface area (Å²) in [6, 6.07) is 6.56. The summed E-state index contributed by atoms with van der Waals surface area (Å²) >= 11 is 1.82. The summed E-state index contributed by atoms with van der Waals surface area (Å²) in [4.78, 5) is 13.0. The normalized spacial score (nSPS) is 10.6. The number of ether oxygens (including phenoxy) is 1. The van der Waals surface area contributed by atoms with E-state index in [2.05, 4.69) is 11.2 Å². The van der Waals surface area contributed by atoms with Gasteiger partial charge >= 0.3 is 5.97 Å². The van der Waals surface area contributed by atoms with E-state index in [1.807, 2.05) is 18.8 Å². The Morgan fingerprint density at radius 2 is 2.22 bits per heavy atom. The molecule has 0 amide bonds. The Bertz CT molecular complexity index is 384. The third kappa shape index (κ3) is 5.42. The highest BCUT2D eigenvalue weighted by atomic mass is 32.2. The first-order valence-electron chi connectivity index (χ1n) is 5.77. The number of carbonyl (C=O) groups is 1. The minimum absolute atomic E-state index is 0.253. The molecule has 5 heteroatoms. The van der Waals surface area contributed by atoms with Crippen molar-refractivity contribution in [3.05, 3.63) is 29.8 Å². The second kappa shape index (κ2) is 8.00. The number of rotatable bonds is 8. The van der Waals surface area contributed by atoms with Gasteiger partial charge in [-0.1, -0.05) is 6.07 Å². The van der Waals surface area contributed by atoms with Crippen LogP contribution in [0.3, 0.4) is 0 Å². The Morgan fingerprint density at radius 1 is 1.44 bits per heavy atom. The third-order valence-electron chi connectivity index (χ3n) is 2.50. The van der Waals surface area contributed by atoms with Crippen LogP contribution in [-0.2, 0) is 0 Å². The zero-order valence-electron chi connectivity index (χ0n) is 10.8. The molecule has 1 rings (SSSR count). The highest BCUT2D eigenvalue weighted by Gasteiger charge is 2.04. The minimum atomic E-state index is -0.933. The fourth-order valence-corrected chi connectivity index (χ4v) is 1.89. The lowest BCUT2D eigenvalue weighted by Crippen LogP contribution is -2.26. The van der Waals surface area contributed by atoms with Gasteiger partial charge < -0.3 is 14.7 Å². The van der Waals surface area contributed by atoms with Crippen LogP contribution in [0.4, 0.5) is 0 Å². The van der Waals surface area contributed by atoms with E-state index in [4.69, 9.17) is 9.84 Å². The number of benzene rings is 1. The first-order valence-corrected chi connectivity index (χ1v) is 7.16. The van der Waals surface area contributed by atoms with Gasteiger partial charge in [-0.05, 0) is 31.5 Å². The Labute approximate surface area is 112 Å². The Balaban J connectivity index is 2.35. The van der Waals surface area contributed by atoms with Crippen LogP contribution in [0, 0.1) is 0 Å². The van der Waals surface area contributed by atoms with Gasteiger partial charge in [0.05, 0.1) is 5.56 Å². The van der Waals surface area contributed by atoms with Crippen LogP contribution in [0.1, 0.15) is 10.4 Å². The summed E-state index contributed by atoms with van der Waals surface area (Å²) in [5.74, 6) is 0.774. The van der Waals surface area contributed by atoms with Crippen LogP contribution in [0.15, 0.2) is 24.3 Å². The highest BCUT2D eigenvalue weighted by Crippen LogP contribution is 2.13. The Morgan fingerprint density at radius 3 is 2.89 bits per heavy atom. The molecule has 0 spiro atoms. The zero-order valence-corrected chi connectivity index (χ0v) is 11.6. The van der Waals surface area contributed by atoms with Crippen LogP contribution >= 0.6 is 11.8 Å². The first-order chi connectivity index (χ1) is 8.63. The molecule has 0 aromatic heterocycles. The van der Waals surface area contributed by atoms with Crippen molar-refractivity contribution in [2.24, 2.45) is 0 Å². The predicted molar refractivity (Wildman–Crippen MR) is 74.8 cm³/mol. The summed E-state index contributed by atoms with van der Waals surface area (Å²) in [5.41, 5.74) is 0.253. The van der Waals surface area contributed by atoms with Crippen LogP contribution in [0.5, 0.6) is 5.75 Å². The molecule has 0 heterocycles. The molecular formula is C13H19NO3S. The predicted octanol–water partition coefficient (Wildman–Crippen LogP) is 2.06. The van der Waals surface area contributed by atoms with Crippen molar-refractivity contribution < 1.29 is 14.6 Å². The quantitative estimate of drug-likeness (QED) is 0.783. The lowest BCUT2D eigenvalue weighted by Gasteiger charge is -2.16. The monoisotopic (exact) mass is 269 g/mol. The molecule has 18 heavy (non-hydrogen) atoms. The van der Waals surface area contributed by atoms with Crippen LogP contribution in [0.25, 0.3) is 0 Å². The second-order valence-electron chi connectivity index (χ2n) is 3.98. The lowest BCUT2D eigenvalue weighted by atomic mass is 10.2. The SMILES string of the molecule is CSCCN(C)CCOc1cccc(C(=O)O)c1. The summed E-state index contributed by atoms with van der Waals surface area (Å²) < 4.78 is 5.54. The number of carboxylic acids is 1. The first kappa shape index (κ1) is 14.9. The number of hydrogen-bond acceptors (Lipinski definition) is 4. The van der Waals surface area contributed by atoms with Gasteiger partial charge in [-0.25, -0.2) is 4.79 Å². The van der Waals surface area contributed by atoms with E-state index in [-0.39, 0.29) is 5.56 Å². The summed E-state index contributed by atoms with van der Waals surface area (Å²) in [5, 5.41) is 8.85. The summed E-state index contributed by atoms with van der Waals surface area (Å²) in [7, 11) is 2.05. The maximum absolute atomic E-state index is 10.8. The van der Waals surface area contributed by atoms with E-state index < -0.39 is 5.97 Å². The van der Waals surface area contributed by atoms with Crippen LogP contribution < -0.4 is 4.74 Å². The van der Waals surface area contributed by atoms with Crippen molar-refractivity contribution in [2.45, 2.75) is 0 Å². The van der Waals surface area contributed by atoms with E-state index in [0.29, 0.717) is 12.4 Å². The fourth-order valence-electron chi connectivity index (χ4n) is 1.40. The number of hydrogen-bond donors (Lipinski definition) is 1. The molecule has 0 aliphatic rings. The van der Waals surface area contributed by atoms with Gasteiger partial charge in [-0.2, -0.15) is 11.8 Å². The molecule has 0 unspecified atom stereocenters. The smallest absolute Gasteiger partial charge is 0.335 e. The highest BCUT2D eigenvalue weighted by molar-refractivity contribution is 7.98. The van der Waals surface area contributed by atoms with Crippen molar-refractivity contribution in [1.82, 2.24) is 4.90 Å². The number of likely N-dealkylation sites (N-methyl/N-ethyl adjacent to an activating group) is 1. The molecule has 1 aromatic rings. The molecular weight excluding hydrogens is 250 g/mol. The average molecular weight is 269 g/mol.